The van der Waals surface area contributed by atoms with Gasteiger partial charge in [-0.1, -0.05) is 0 Å². The van der Waals surface area contributed by atoms with Crippen LogP contribution in [0, 0.1) is 0 Å². The van der Waals surface area contributed by atoms with Crippen molar-refractivity contribution in [3.63, 3.8) is 0 Å². The summed E-state index contributed by atoms with van der Waals surface area (Å²) in [5, 5.41) is 0. The Balaban J connectivity index is 1.86. The quantitative estimate of drug-likeness (QED) is 0.751. The number of esters is 2. The summed E-state index contributed by atoms with van der Waals surface area (Å²) in [4.78, 5) is 32.4. The summed E-state index contributed by atoms with van der Waals surface area (Å²) in [6.45, 7) is 2.65. The van der Waals surface area contributed by atoms with Gasteiger partial charge in [0.2, 0.25) is 11.8 Å². The van der Waals surface area contributed by atoms with Crippen molar-refractivity contribution in [3.8, 4) is 11.8 Å². The number of rotatable bonds is 4. The van der Waals surface area contributed by atoms with Crippen LogP contribution in [0.2, 0.25) is 0 Å². The summed E-state index contributed by atoms with van der Waals surface area (Å²) in [6.07, 6.45) is 5.38. The summed E-state index contributed by atoms with van der Waals surface area (Å²) in [5.41, 5.74) is 18.9. The van der Waals surface area contributed by atoms with Gasteiger partial charge in [0.15, 0.2) is 0 Å². The van der Waals surface area contributed by atoms with Crippen molar-refractivity contribution in [3.05, 3.63) is 33.6 Å². The molecule has 8 heteroatoms. The van der Waals surface area contributed by atoms with Crippen LogP contribution in [0.3, 0.4) is 0 Å². The molecule has 0 bridgehead atoms. The minimum atomic E-state index is -0.476. The maximum absolute atomic E-state index is 11.7. The van der Waals surface area contributed by atoms with Crippen molar-refractivity contribution in [2.75, 3.05) is 11.5 Å². The number of nitrogens with two attached hydrogens (primary N) is 2. The van der Waals surface area contributed by atoms with Crippen molar-refractivity contribution in [2.45, 2.75) is 58.8 Å². The third-order valence-corrected chi connectivity index (χ3v) is 5.50. The molecule has 0 unspecified atom stereocenters. The molecule has 2 aromatic heterocycles. The molecule has 4 rings (SSSR count). The van der Waals surface area contributed by atoms with Crippen LogP contribution in [0.1, 0.15) is 60.3 Å². The molecule has 4 N–H and O–H groups in total. The van der Waals surface area contributed by atoms with E-state index in [1.165, 1.54) is 13.8 Å². The highest BCUT2D eigenvalue weighted by molar-refractivity contribution is 5.74. The Labute approximate surface area is 168 Å². The number of hydrogen-bond acceptors (Lipinski definition) is 8. The summed E-state index contributed by atoms with van der Waals surface area (Å²) < 4.78 is 10.8. The van der Waals surface area contributed by atoms with Gasteiger partial charge in [-0.3, -0.25) is 9.59 Å². The largest absolute Gasteiger partial charge is 0.407 e. The van der Waals surface area contributed by atoms with Crippen LogP contribution < -0.4 is 20.9 Å². The van der Waals surface area contributed by atoms with Crippen LogP contribution in [0.4, 0.5) is 11.4 Å². The number of nitrogen functional groups attached to an aromatic ring is 2. The Hall–Kier alpha value is -3.16. The predicted octanol–water partition coefficient (Wildman–Crippen LogP) is 2.06. The molecule has 0 aromatic carbocycles. The zero-order valence-electron chi connectivity index (χ0n) is 16.6. The second kappa shape index (κ2) is 7.35. The van der Waals surface area contributed by atoms with E-state index in [-0.39, 0.29) is 18.2 Å². The van der Waals surface area contributed by atoms with Crippen molar-refractivity contribution >= 4 is 23.3 Å². The first-order valence-electron chi connectivity index (χ1n) is 9.82. The molecule has 2 aliphatic carbocycles. The molecule has 0 amide bonds. The number of carbonyl (C=O) groups excluding carboxylic acids is 2. The standard InChI is InChI=1S/C21H24N4O4/c1-10(26)28-20-14(18(22)12-5-3-7-16(12)24-20)9-15-19(23)13-6-4-8-17(13)25-21(15)29-11(2)27/h3-9H2,1-2H3,(H2,22,24)(H2,23,25). The van der Waals surface area contributed by atoms with Crippen molar-refractivity contribution in [2.24, 2.45) is 0 Å². The number of carbonyl (C=O) groups is 2. The molecule has 8 nitrogen and oxygen atoms in total. The lowest BCUT2D eigenvalue weighted by Gasteiger charge is -2.18. The zero-order valence-corrected chi connectivity index (χ0v) is 16.6. The normalized spacial score (nSPS) is 14.4. The van der Waals surface area contributed by atoms with E-state index < -0.39 is 11.9 Å². The Morgan fingerprint density at radius 2 is 1.21 bits per heavy atom. The first-order chi connectivity index (χ1) is 13.8. The van der Waals surface area contributed by atoms with Gasteiger partial charge in [-0.2, -0.15) is 0 Å². The van der Waals surface area contributed by atoms with Crippen LogP contribution in [0.5, 0.6) is 11.8 Å². The number of ether oxygens (including phenoxy) is 2. The average molecular weight is 396 g/mol. The van der Waals surface area contributed by atoms with Crippen LogP contribution in [0.15, 0.2) is 0 Å². The predicted molar refractivity (Wildman–Crippen MR) is 107 cm³/mol. The van der Waals surface area contributed by atoms with Gasteiger partial charge in [-0.25, -0.2) is 9.97 Å². The molecule has 2 heterocycles. The summed E-state index contributed by atoms with van der Waals surface area (Å²) >= 11 is 0. The third kappa shape index (κ3) is 3.50. The molecule has 152 valence electrons. The SMILES string of the molecule is CC(=O)Oc1nc2c(c(N)c1Cc1c(OC(C)=O)nc3c(c1N)CCC3)CCC2. The number of fused-ring (bicyclic) bond motifs is 2. The second-order valence-corrected chi connectivity index (χ2v) is 7.54. The first kappa shape index (κ1) is 19.2. The molecule has 0 saturated carbocycles. The molecule has 0 aliphatic heterocycles. The average Bonchev–Trinajstić information content (AvgIpc) is 3.28. The van der Waals surface area contributed by atoms with Crippen molar-refractivity contribution < 1.29 is 19.1 Å². The molecule has 2 aromatic rings. The molecular formula is C21H24N4O4. The van der Waals surface area contributed by atoms with Gasteiger partial charge in [0.05, 0.1) is 0 Å². The molecule has 0 spiro atoms. The van der Waals surface area contributed by atoms with Gasteiger partial charge < -0.3 is 20.9 Å². The summed E-state index contributed by atoms with van der Waals surface area (Å²) in [6, 6.07) is 0. The molecular weight excluding hydrogens is 372 g/mol. The highest BCUT2D eigenvalue weighted by atomic mass is 16.5. The number of anilines is 2. The fourth-order valence-electron chi connectivity index (χ4n) is 4.22. The first-order valence-corrected chi connectivity index (χ1v) is 9.82. The van der Waals surface area contributed by atoms with E-state index in [9.17, 15) is 9.59 Å². The Morgan fingerprint density at radius 3 is 1.59 bits per heavy atom. The number of hydrogen-bond donors (Lipinski definition) is 2. The van der Waals surface area contributed by atoms with Crippen LogP contribution >= 0.6 is 0 Å². The van der Waals surface area contributed by atoms with E-state index in [1.54, 1.807) is 0 Å². The lowest BCUT2D eigenvalue weighted by Crippen LogP contribution is -2.14. The Bertz CT molecular complexity index is 951. The molecule has 2 aliphatic rings. The van der Waals surface area contributed by atoms with Gasteiger partial charge >= 0.3 is 11.9 Å². The molecule has 0 atom stereocenters. The van der Waals surface area contributed by atoms with Gasteiger partial charge in [0.25, 0.3) is 0 Å². The summed E-state index contributed by atoms with van der Waals surface area (Å²) in [7, 11) is 0. The fourth-order valence-corrected chi connectivity index (χ4v) is 4.22. The Kier molecular flexibility index (Phi) is 4.86. The van der Waals surface area contributed by atoms with Crippen molar-refractivity contribution in [1.29, 1.82) is 0 Å². The minimum absolute atomic E-state index is 0.185. The van der Waals surface area contributed by atoms with E-state index in [2.05, 4.69) is 9.97 Å². The van der Waals surface area contributed by atoms with E-state index in [0.717, 1.165) is 61.0 Å². The molecule has 0 saturated heterocycles. The lowest BCUT2D eigenvalue weighted by atomic mass is 9.98. The maximum atomic E-state index is 11.7. The fraction of sp³-hybridized carbons (Fsp3) is 0.429. The van der Waals surface area contributed by atoms with E-state index in [4.69, 9.17) is 20.9 Å². The third-order valence-electron chi connectivity index (χ3n) is 5.50. The van der Waals surface area contributed by atoms with Crippen LogP contribution in [0.25, 0.3) is 0 Å². The molecule has 0 radical (unpaired) electrons. The smallest absolute Gasteiger partial charge is 0.309 e. The highest BCUT2D eigenvalue weighted by Crippen LogP contribution is 2.40. The Morgan fingerprint density at radius 1 is 0.793 bits per heavy atom. The second-order valence-electron chi connectivity index (χ2n) is 7.54. The van der Waals surface area contributed by atoms with Crippen LogP contribution in [-0.4, -0.2) is 21.9 Å². The zero-order chi connectivity index (χ0) is 20.7. The van der Waals surface area contributed by atoms with Gasteiger partial charge in [0.1, 0.15) is 0 Å². The number of aryl methyl sites for hydroxylation is 2. The topological polar surface area (TPSA) is 130 Å². The van der Waals surface area contributed by atoms with Gasteiger partial charge in [0, 0.05) is 54.2 Å². The van der Waals surface area contributed by atoms with Crippen LogP contribution in [-0.2, 0) is 41.7 Å². The highest BCUT2D eigenvalue weighted by Gasteiger charge is 2.28. The summed E-state index contributed by atoms with van der Waals surface area (Å²) in [5.74, 6) is -0.582. The minimum Gasteiger partial charge on any atom is -0.407 e. The number of pyridine rings is 2. The van der Waals surface area contributed by atoms with Gasteiger partial charge in [-0.05, 0) is 49.7 Å². The maximum Gasteiger partial charge on any atom is 0.309 e. The molecule has 29 heavy (non-hydrogen) atoms. The number of nitrogens with zero attached hydrogens (tertiary/aromatic N) is 2. The van der Waals surface area contributed by atoms with Gasteiger partial charge in [-0.15, -0.1) is 0 Å². The molecule has 0 fully saturated rings. The monoisotopic (exact) mass is 396 g/mol. The number of aromatic nitrogens is 2. The van der Waals surface area contributed by atoms with E-state index in [1.807, 2.05) is 0 Å². The van der Waals surface area contributed by atoms with Crippen molar-refractivity contribution in [1.82, 2.24) is 9.97 Å². The van der Waals surface area contributed by atoms with E-state index in [0.29, 0.717) is 22.5 Å². The van der Waals surface area contributed by atoms with E-state index >= 15 is 0 Å². The lowest BCUT2D eigenvalue weighted by molar-refractivity contribution is -0.133.